The van der Waals surface area contributed by atoms with Crippen LogP contribution in [0.1, 0.15) is 0 Å². The van der Waals surface area contributed by atoms with E-state index in [0.717, 1.165) is 55.6 Å². The Labute approximate surface area is 369 Å². The summed E-state index contributed by atoms with van der Waals surface area (Å²) in [6.45, 7) is 0. The molecule has 12 rings (SSSR count). The zero-order chi connectivity index (χ0) is 41.7. The lowest BCUT2D eigenvalue weighted by atomic mass is 9.96. The van der Waals surface area contributed by atoms with Gasteiger partial charge in [0, 0.05) is 36.7 Å². The minimum atomic E-state index is -2.85. The van der Waals surface area contributed by atoms with E-state index in [-0.39, 0.29) is 0 Å². The molecule has 63 heavy (non-hydrogen) atoms. The summed E-state index contributed by atoms with van der Waals surface area (Å²) in [5, 5.41) is 8.65. The smallest absolute Gasteiger partial charge is 0.235 e. The lowest BCUT2D eigenvalue weighted by Gasteiger charge is -2.34. The molecule has 12 aromatic rings. The number of para-hydroxylation sites is 1. The Morgan fingerprint density at radius 3 is 1.73 bits per heavy atom. The van der Waals surface area contributed by atoms with Gasteiger partial charge in [0.1, 0.15) is 6.33 Å². The topological polar surface area (TPSA) is 56.5 Å². The van der Waals surface area contributed by atoms with Crippen LogP contribution in [0.2, 0.25) is 0 Å². The third kappa shape index (κ3) is 6.12. The van der Waals surface area contributed by atoms with Gasteiger partial charge in [-0.15, -0.1) is 11.3 Å². The molecule has 0 bridgehead atoms. The molecule has 296 valence electrons. The molecule has 0 saturated heterocycles. The minimum absolute atomic E-state index is 0.560. The first kappa shape index (κ1) is 37.0. The Kier molecular flexibility index (Phi) is 8.95. The molecule has 4 heterocycles. The minimum Gasteiger partial charge on any atom is -0.275 e. The van der Waals surface area contributed by atoms with Crippen LogP contribution in [0.25, 0.3) is 81.7 Å². The molecule has 4 aromatic heterocycles. The van der Waals surface area contributed by atoms with Crippen molar-refractivity contribution >= 4 is 82.3 Å². The lowest BCUT2D eigenvalue weighted by Crippen LogP contribution is -2.74. The van der Waals surface area contributed by atoms with E-state index in [0.29, 0.717) is 5.95 Å². The second-order valence-corrected chi connectivity index (χ2v) is 20.7. The van der Waals surface area contributed by atoms with Crippen LogP contribution in [0.4, 0.5) is 0 Å². The van der Waals surface area contributed by atoms with E-state index in [1.165, 1.54) is 40.9 Å². The number of hydrogen-bond donors (Lipinski definition) is 0. The fourth-order valence-corrected chi connectivity index (χ4v) is 15.5. The van der Waals surface area contributed by atoms with Gasteiger partial charge >= 0.3 is 0 Å². The standard InChI is InChI=1S/C56H37N5SSi/c1-5-18-38(19-6-1)40-33-47(54-46-29-14-16-31-52(46)62-53(54)34-40)49-35-48(59-56(60-49)61-50-30-15-13-28-45(50)55-51(61)36-57-37-58-55)39-20-17-27-44(32-39)63(41-21-7-2-8-22-41,42-23-9-3-10-24-42)43-25-11-4-12-26-43/h1-37H. The average Bonchev–Trinajstić information content (AvgIpc) is 3.91. The predicted octanol–water partition coefficient (Wildman–Crippen LogP) is 11.1. The summed E-state index contributed by atoms with van der Waals surface area (Å²) in [5.41, 5.74) is 8.72. The van der Waals surface area contributed by atoms with Gasteiger partial charge in [0.15, 0.2) is 8.07 Å². The molecule has 0 radical (unpaired) electrons. The van der Waals surface area contributed by atoms with Gasteiger partial charge in [-0.1, -0.05) is 182 Å². The lowest BCUT2D eigenvalue weighted by molar-refractivity contribution is 0.990. The molecular formula is C56H37N5SSi. The van der Waals surface area contributed by atoms with Crippen molar-refractivity contribution in [2.45, 2.75) is 0 Å². The Hall–Kier alpha value is -7.84. The third-order valence-corrected chi connectivity index (χ3v) is 18.2. The van der Waals surface area contributed by atoms with Crippen molar-refractivity contribution in [2.75, 3.05) is 0 Å². The van der Waals surface area contributed by atoms with Crippen molar-refractivity contribution in [3.63, 3.8) is 0 Å². The van der Waals surface area contributed by atoms with Gasteiger partial charge in [0.2, 0.25) is 5.95 Å². The second-order valence-electron chi connectivity index (χ2n) is 15.8. The van der Waals surface area contributed by atoms with Gasteiger partial charge < -0.3 is 0 Å². The van der Waals surface area contributed by atoms with Gasteiger partial charge in [-0.3, -0.25) is 4.57 Å². The first-order valence-electron chi connectivity index (χ1n) is 21.1. The largest absolute Gasteiger partial charge is 0.275 e. The molecule has 8 aromatic carbocycles. The summed E-state index contributed by atoms with van der Waals surface area (Å²) in [6, 6.07) is 76.8. The summed E-state index contributed by atoms with van der Waals surface area (Å²) in [4.78, 5) is 20.4. The fourth-order valence-electron chi connectivity index (χ4n) is 9.56. The highest BCUT2D eigenvalue weighted by Gasteiger charge is 2.41. The van der Waals surface area contributed by atoms with Crippen molar-refractivity contribution in [1.82, 2.24) is 24.5 Å². The van der Waals surface area contributed by atoms with Crippen LogP contribution in [0.3, 0.4) is 0 Å². The Morgan fingerprint density at radius 1 is 0.429 bits per heavy atom. The van der Waals surface area contributed by atoms with E-state index in [2.05, 4.69) is 222 Å². The molecule has 0 amide bonds. The van der Waals surface area contributed by atoms with Crippen molar-refractivity contribution in [3.8, 4) is 39.6 Å². The number of benzene rings is 8. The van der Waals surface area contributed by atoms with Crippen LogP contribution in [0.15, 0.2) is 225 Å². The van der Waals surface area contributed by atoms with Gasteiger partial charge in [0.25, 0.3) is 0 Å². The highest BCUT2D eigenvalue weighted by Crippen LogP contribution is 2.43. The molecule has 0 aliphatic heterocycles. The summed E-state index contributed by atoms with van der Waals surface area (Å²) >= 11 is 1.82. The third-order valence-electron chi connectivity index (χ3n) is 12.3. The zero-order valence-electron chi connectivity index (χ0n) is 34.0. The van der Waals surface area contributed by atoms with Crippen LogP contribution >= 0.6 is 11.3 Å². The fraction of sp³-hybridized carbons (Fsp3) is 0. The van der Waals surface area contributed by atoms with Crippen LogP contribution in [-0.2, 0) is 0 Å². The van der Waals surface area contributed by atoms with E-state index >= 15 is 0 Å². The number of hydrogen-bond acceptors (Lipinski definition) is 5. The first-order chi connectivity index (χ1) is 31.2. The molecule has 0 saturated carbocycles. The second kappa shape index (κ2) is 15.3. The van der Waals surface area contributed by atoms with Crippen LogP contribution in [0.5, 0.6) is 0 Å². The maximum Gasteiger partial charge on any atom is 0.235 e. The van der Waals surface area contributed by atoms with Gasteiger partial charge in [0.05, 0.1) is 34.1 Å². The molecule has 7 heteroatoms. The SMILES string of the molecule is c1ccc(-c2cc(-c3cc(-c4cccc([Si](c5ccccc5)(c5ccccc5)c5ccccc5)c4)nc(-n4c5ccccc5c5ncncc54)n3)c3c(c2)sc2ccccc23)cc1. The molecule has 0 atom stereocenters. The number of aromatic nitrogens is 5. The monoisotopic (exact) mass is 839 g/mol. The van der Waals surface area contributed by atoms with E-state index < -0.39 is 8.07 Å². The van der Waals surface area contributed by atoms with Crippen molar-refractivity contribution in [1.29, 1.82) is 0 Å². The van der Waals surface area contributed by atoms with E-state index in [1.807, 2.05) is 17.5 Å². The summed E-state index contributed by atoms with van der Waals surface area (Å²) in [6.07, 6.45) is 3.49. The average molecular weight is 840 g/mol. The molecule has 5 nitrogen and oxygen atoms in total. The van der Waals surface area contributed by atoms with Crippen LogP contribution < -0.4 is 20.7 Å². The molecule has 0 N–H and O–H groups in total. The molecule has 0 aliphatic rings. The normalized spacial score (nSPS) is 11.8. The highest BCUT2D eigenvalue weighted by molar-refractivity contribution is 7.26. The molecule has 0 fully saturated rings. The van der Waals surface area contributed by atoms with Crippen LogP contribution in [0, 0.1) is 0 Å². The maximum atomic E-state index is 5.57. The van der Waals surface area contributed by atoms with E-state index in [9.17, 15) is 0 Å². The first-order valence-corrected chi connectivity index (χ1v) is 23.9. The molecule has 0 unspecified atom stereocenters. The quantitative estimate of drug-likeness (QED) is 0.113. The van der Waals surface area contributed by atoms with Crippen LogP contribution in [-0.4, -0.2) is 32.6 Å². The van der Waals surface area contributed by atoms with Gasteiger partial charge in [-0.05, 0) is 62.2 Å². The van der Waals surface area contributed by atoms with E-state index in [4.69, 9.17) is 15.0 Å². The zero-order valence-corrected chi connectivity index (χ0v) is 35.8. The van der Waals surface area contributed by atoms with Gasteiger partial charge in [-0.25, -0.2) is 19.9 Å². The predicted molar refractivity (Wildman–Crippen MR) is 265 cm³/mol. The molecule has 0 spiro atoms. The van der Waals surface area contributed by atoms with Gasteiger partial charge in [-0.2, -0.15) is 0 Å². The molecular weight excluding hydrogens is 803 g/mol. The number of thiophene rings is 1. The number of fused-ring (bicyclic) bond motifs is 6. The summed E-state index contributed by atoms with van der Waals surface area (Å²) in [5.74, 6) is 0.560. The number of rotatable bonds is 8. The summed E-state index contributed by atoms with van der Waals surface area (Å²) in [7, 11) is -2.85. The summed E-state index contributed by atoms with van der Waals surface area (Å²) < 4.78 is 4.58. The Balaban J connectivity index is 1.17. The van der Waals surface area contributed by atoms with E-state index in [1.54, 1.807) is 6.33 Å². The van der Waals surface area contributed by atoms with Crippen molar-refractivity contribution in [2.24, 2.45) is 0 Å². The maximum absolute atomic E-state index is 5.57. The Bertz CT molecular complexity index is 3480. The highest BCUT2D eigenvalue weighted by atomic mass is 32.1. The van der Waals surface area contributed by atoms with Crippen molar-refractivity contribution < 1.29 is 0 Å². The molecule has 0 aliphatic carbocycles. The van der Waals surface area contributed by atoms with Crippen molar-refractivity contribution in [3.05, 3.63) is 225 Å². The number of nitrogens with zero attached hydrogens (tertiary/aromatic N) is 5. The Morgan fingerprint density at radius 2 is 1.02 bits per heavy atom.